The van der Waals surface area contributed by atoms with Crippen molar-refractivity contribution < 1.29 is 0 Å². The number of benzene rings is 3. The van der Waals surface area contributed by atoms with Gasteiger partial charge in [-0.2, -0.15) is 0 Å². The molecule has 8 bridgehead atoms. The first kappa shape index (κ1) is 29.0. The molecule has 9 rings (SSSR count). The molecule has 0 unspecified atom stereocenters. The third-order valence-corrected chi connectivity index (χ3v) is 9.18. The van der Waals surface area contributed by atoms with Gasteiger partial charge in [-0.15, -0.1) is 0 Å². The number of rotatable bonds is 4. The topological polar surface area (TPSA) is 164 Å². The Morgan fingerprint density at radius 2 is 0.780 bits per heavy atom. The van der Waals surface area contributed by atoms with E-state index >= 15 is 0 Å². The van der Waals surface area contributed by atoms with E-state index < -0.39 is 0 Å². The summed E-state index contributed by atoms with van der Waals surface area (Å²) in [4.78, 5) is 25.9. The molecule has 2 aliphatic heterocycles. The smallest absolute Gasteiger partial charge is 0.141 e. The van der Waals surface area contributed by atoms with Gasteiger partial charge in [0.2, 0.25) is 0 Å². The molecule has 9 nitrogen and oxygen atoms in total. The molecule has 0 radical (unpaired) electrons. The van der Waals surface area contributed by atoms with Crippen molar-refractivity contribution in [2.24, 2.45) is 0 Å². The second-order valence-electron chi connectivity index (χ2n) is 12.2. The molecule has 240 valence electrons. The van der Waals surface area contributed by atoms with Gasteiger partial charge in [-0.25, -0.2) is 15.0 Å². The molecule has 0 fully saturated rings. The van der Waals surface area contributed by atoms with Gasteiger partial charge in [-0.05, 0) is 66.8 Å². The Balaban J connectivity index is 1.51. The summed E-state index contributed by atoms with van der Waals surface area (Å²) >= 11 is 0. The van der Waals surface area contributed by atoms with Crippen LogP contribution in [0.3, 0.4) is 0 Å². The van der Waals surface area contributed by atoms with Crippen molar-refractivity contribution in [3.63, 3.8) is 0 Å². The van der Waals surface area contributed by atoms with Crippen LogP contribution in [0.15, 0.2) is 109 Å². The highest BCUT2D eigenvalue weighted by Crippen LogP contribution is 2.40. The van der Waals surface area contributed by atoms with E-state index in [4.69, 9.17) is 27.2 Å². The fourth-order valence-electron chi connectivity index (χ4n) is 6.88. The Hall–Kier alpha value is -7.13. The fraction of sp³-hybridized carbons (Fsp3) is 0. The highest BCUT2D eigenvalue weighted by atomic mass is 14.9. The minimum Gasteiger partial charge on any atom is -0.398 e. The van der Waals surface area contributed by atoms with E-state index in [1.807, 2.05) is 109 Å². The molecule has 9 heteroatoms. The molecule has 50 heavy (non-hydrogen) atoms. The van der Waals surface area contributed by atoms with E-state index in [1.54, 1.807) is 6.20 Å². The molecular formula is C41H31N9. The van der Waals surface area contributed by atoms with E-state index in [9.17, 15) is 0 Å². The van der Waals surface area contributed by atoms with Gasteiger partial charge in [0, 0.05) is 79.4 Å². The van der Waals surface area contributed by atoms with E-state index in [1.165, 1.54) is 0 Å². The quantitative estimate of drug-likeness (QED) is 0.104. The number of para-hydroxylation sites is 3. The molecule has 6 heterocycles. The lowest BCUT2D eigenvalue weighted by Crippen LogP contribution is -1.94. The largest absolute Gasteiger partial charge is 0.398 e. The van der Waals surface area contributed by atoms with Crippen molar-refractivity contribution in [2.45, 2.75) is 0 Å². The Morgan fingerprint density at radius 1 is 0.420 bits per heavy atom. The number of nitrogen functional groups attached to an aromatic ring is 3. The first-order valence-corrected chi connectivity index (χ1v) is 16.2. The summed E-state index contributed by atoms with van der Waals surface area (Å²) in [6.45, 7) is 0. The predicted molar refractivity (Wildman–Crippen MR) is 206 cm³/mol. The highest BCUT2D eigenvalue weighted by Gasteiger charge is 2.21. The number of hydrogen-bond acceptors (Lipinski definition) is 6. The lowest BCUT2D eigenvalue weighted by atomic mass is 10.0. The van der Waals surface area contributed by atoms with Crippen molar-refractivity contribution in [1.29, 1.82) is 0 Å². The minimum absolute atomic E-state index is 0.642. The number of nitrogens with zero attached hydrogens (tertiary/aromatic N) is 3. The van der Waals surface area contributed by atoms with Crippen LogP contribution in [0, 0.1) is 0 Å². The molecule has 4 aromatic heterocycles. The molecule has 0 aliphatic carbocycles. The van der Waals surface area contributed by atoms with Crippen LogP contribution >= 0.6 is 0 Å². The summed E-state index contributed by atoms with van der Waals surface area (Å²) in [5.74, 6) is 0.682. The van der Waals surface area contributed by atoms with Crippen LogP contribution in [-0.4, -0.2) is 29.9 Å². The van der Waals surface area contributed by atoms with Crippen molar-refractivity contribution in [2.75, 3.05) is 17.2 Å². The normalized spacial score (nSPS) is 12.1. The number of aromatic amines is 3. The van der Waals surface area contributed by atoms with Gasteiger partial charge < -0.3 is 32.2 Å². The van der Waals surface area contributed by atoms with E-state index in [-0.39, 0.29) is 0 Å². The van der Waals surface area contributed by atoms with E-state index in [0.29, 0.717) is 22.9 Å². The van der Waals surface area contributed by atoms with Crippen LogP contribution in [0.25, 0.3) is 91.1 Å². The van der Waals surface area contributed by atoms with E-state index in [2.05, 4.69) is 38.1 Å². The molecular weight excluding hydrogens is 619 g/mol. The zero-order valence-corrected chi connectivity index (χ0v) is 26.8. The zero-order chi connectivity index (χ0) is 33.8. The second kappa shape index (κ2) is 11.5. The zero-order valence-electron chi connectivity index (χ0n) is 26.8. The van der Waals surface area contributed by atoms with Gasteiger partial charge in [-0.3, -0.25) is 0 Å². The first-order valence-electron chi connectivity index (χ1n) is 16.2. The number of nitrogens with one attached hydrogen (secondary N) is 3. The Bertz CT molecular complexity index is 2650. The number of aromatic nitrogens is 6. The molecule has 7 aromatic rings. The molecule has 0 saturated carbocycles. The number of nitrogens with two attached hydrogens (primary N) is 3. The predicted octanol–water partition coefficient (Wildman–Crippen LogP) is 8.79. The van der Waals surface area contributed by atoms with Gasteiger partial charge in [0.15, 0.2) is 0 Å². The second-order valence-corrected chi connectivity index (χ2v) is 12.2. The maximum atomic E-state index is 6.65. The molecule has 3 aromatic carbocycles. The van der Waals surface area contributed by atoms with Crippen molar-refractivity contribution in [3.05, 3.63) is 132 Å². The Morgan fingerprint density at radius 3 is 1.14 bits per heavy atom. The van der Waals surface area contributed by atoms with Crippen LogP contribution in [-0.2, 0) is 0 Å². The number of anilines is 3. The van der Waals surface area contributed by atoms with Gasteiger partial charge in [-0.1, -0.05) is 54.6 Å². The van der Waals surface area contributed by atoms with Crippen LogP contribution < -0.4 is 17.2 Å². The number of hydrogen-bond donors (Lipinski definition) is 6. The molecule has 2 aliphatic rings. The molecule has 0 amide bonds. The van der Waals surface area contributed by atoms with Crippen molar-refractivity contribution >= 4 is 63.4 Å². The summed E-state index contributed by atoms with van der Waals surface area (Å²) < 4.78 is 0. The summed E-state index contributed by atoms with van der Waals surface area (Å²) in [6.07, 6.45) is 11.6. The lowest BCUT2D eigenvalue weighted by molar-refractivity contribution is 1.26. The van der Waals surface area contributed by atoms with E-state index in [0.717, 1.165) is 83.8 Å². The fourth-order valence-corrected chi connectivity index (χ4v) is 6.88. The monoisotopic (exact) mass is 649 g/mol. The first-order chi connectivity index (χ1) is 24.5. The SMILES string of the molecule is Nc1ccccc1-c1c2nc(c(-c3ccccc3N)c3ccc([nH]3)c(-c3ccccc3N)c3nc(c(-c4ncc[nH]4)c4ccc1[nH]4)C=C3)C=C2. The Kier molecular flexibility index (Phi) is 6.70. The molecule has 0 atom stereocenters. The number of H-pyrrole nitrogens is 3. The van der Waals surface area contributed by atoms with Crippen molar-refractivity contribution in [3.8, 4) is 44.8 Å². The van der Waals surface area contributed by atoms with Gasteiger partial charge in [0.05, 0.1) is 33.9 Å². The highest BCUT2D eigenvalue weighted by molar-refractivity contribution is 6.02. The molecule has 0 spiro atoms. The summed E-state index contributed by atoms with van der Waals surface area (Å²) in [6, 6.07) is 31.7. The van der Waals surface area contributed by atoms with Crippen LogP contribution in [0.2, 0.25) is 0 Å². The van der Waals surface area contributed by atoms with Gasteiger partial charge in [0.1, 0.15) is 5.82 Å². The van der Waals surface area contributed by atoms with Gasteiger partial charge in [0.25, 0.3) is 0 Å². The van der Waals surface area contributed by atoms with Gasteiger partial charge >= 0.3 is 0 Å². The maximum Gasteiger partial charge on any atom is 0.141 e. The summed E-state index contributed by atoms with van der Waals surface area (Å²) in [5.41, 5.74) is 34.2. The van der Waals surface area contributed by atoms with Crippen molar-refractivity contribution in [1.82, 2.24) is 29.9 Å². The number of imidazole rings is 1. The average molecular weight is 650 g/mol. The van der Waals surface area contributed by atoms with Crippen LogP contribution in [0.1, 0.15) is 22.8 Å². The molecule has 9 N–H and O–H groups in total. The molecule has 0 saturated heterocycles. The lowest BCUT2D eigenvalue weighted by Gasteiger charge is -2.09. The van der Waals surface area contributed by atoms with Crippen LogP contribution in [0.4, 0.5) is 17.1 Å². The summed E-state index contributed by atoms with van der Waals surface area (Å²) in [5, 5.41) is 0. The minimum atomic E-state index is 0.642. The third-order valence-electron chi connectivity index (χ3n) is 9.18. The third kappa shape index (κ3) is 4.76. The standard InChI is InChI=1S/C41H31N9/c42-26-10-4-1-7-23(26)37-29-13-15-31(47-29)38(24-8-2-5-11-27(24)43)33-17-19-35(49-33)40(41-45-21-22-46-41)36-20-18-34(50-36)39(32-16-14-30(37)48-32)25-9-3-6-12-28(25)44/h1-22,47,50H,42-44H2,(H,45,46). The van der Waals surface area contributed by atoms with Crippen LogP contribution in [0.5, 0.6) is 0 Å². The Labute approximate surface area is 286 Å². The number of fused-ring (bicyclic) bond motifs is 8. The maximum absolute atomic E-state index is 6.65. The summed E-state index contributed by atoms with van der Waals surface area (Å²) in [7, 11) is 0. The average Bonchev–Trinajstić information content (AvgIpc) is 3.97.